The zero-order chi connectivity index (χ0) is 12.4. The molecule has 0 radical (unpaired) electrons. The van der Waals surface area contributed by atoms with Crippen LogP contribution < -0.4 is 16.4 Å². The molecule has 1 aromatic rings. The van der Waals surface area contributed by atoms with Gasteiger partial charge in [-0.2, -0.15) is 11.8 Å². The van der Waals surface area contributed by atoms with Crippen LogP contribution in [0, 0.1) is 0 Å². The normalized spacial score (nSPS) is 19.2. The predicted molar refractivity (Wildman–Crippen MR) is 73.5 cm³/mol. The largest absolute Gasteiger partial charge is 0.399 e. The molecule has 2 rings (SSSR count). The Balaban J connectivity index is 2.34. The number of nitrogen functional groups attached to an aromatic ring is 1. The fourth-order valence-corrected chi connectivity index (χ4v) is 3.34. The first-order valence-corrected chi connectivity index (χ1v) is 6.75. The van der Waals surface area contributed by atoms with E-state index in [-0.39, 0.29) is 0 Å². The summed E-state index contributed by atoms with van der Waals surface area (Å²) in [6, 6.07) is 5.69. The Hall–Kier alpha value is -1.36. The highest BCUT2D eigenvalue weighted by atomic mass is 32.2. The second-order valence-electron chi connectivity index (χ2n) is 4.27. The third-order valence-electron chi connectivity index (χ3n) is 3.12. The standard InChI is InChI=1S/C12H17N3OS/c1-15(9-4-5-17-7-9)11-6-8(13)2-3-10(11)12(14)16/h2-3,6,9H,4-5,7,13H2,1H3,(H2,14,16). The van der Waals surface area contributed by atoms with Crippen LogP contribution in [0.2, 0.25) is 0 Å². The van der Waals surface area contributed by atoms with Gasteiger partial charge in [-0.15, -0.1) is 0 Å². The van der Waals surface area contributed by atoms with Crippen molar-refractivity contribution in [2.24, 2.45) is 5.73 Å². The number of nitrogens with zero attached hydrogens (tertiary/aromatic N) is 1. The van der Waals surface area contributed by atoms with Gasteiger partial charge in [0.2, 0.25) is 0 Å². The van der Waals surface area contributed by atoms with Crippen molar-refractivity contribution in [2.45, 2.75) is 12.5 Å². The lowest BCUT2D eigenvalue weighted by Gasteiger charge is -2.27. The van der Waals surface area contributed by atoms with Gasteiger partial charge in [-0.05, 0) is 30.4 Å². The minimum Gasteiger partial charge on any atom is -0.399 e. The maximum absolute atomic E-state index is 11.4. The summed E-state index contributed by atoms with van der Waals surface area (Å²) in [6.45, 7) is 0. The van der Waals surface area contributed by atoms with Crippen LogP contribution in [0.1, 0.15) is 16.8 Å². The number of nitrogens with two attached hydrogens (primary N) is 2. The summed E-state index contributed by atoms with van der Waals surface area (Å²) in [5.74, 6) is 1.85. The van der Waals surface area contributed by atoms with E-state index in [0.29, 0.717) is 17.3 Å². The van der Waals surface area contributed by atoms with Gasteiger partial charge < -0.3 is 16.4 Å². The molecule has 1 amide bonds. The van der Waals surface area contributed by atoms with Crippen molar-refractivity contribution < 1.29 is 4.79 Å². The predicted octanol–water partition coefficient (Wildman–Crippen LogP) is 1.31. The second-order valence-corrected chi connectivity index (χ2v) is 5.42. The van der Waals surface area contributed by atoms with E-state index in [9.17, 15) is 4.79 Å². The molecule has 4 N–H and O–H groups in total. The van der Waals surface area contributed by atoms with E-state index >= 15 is 0 Å². The first kappa shape index (κ1) is 12.1. The first-order chi connectivity index (χ1) is 8.09. The SMILES string of the molecule is CN(c1cc(N)ccc1C(N)=O)C1CCSC1. The van der Waals surface area contributed by atoms with E-state index in [0.717, 1.165) is 17.9 Å². The number of anilines is 2. The molecule has 1 unspecified atom stereocenters. The highest BCUT2D eigenvalue weighted by Crippen LogP contribution is 2.29. The zero-order valence-electron chi connectivity index (χ0n) is 9.85. The fourth-order valence-electron chi connectivity index (χ4n) is 2.07. The summed E-state index contributed by atoms with van der Waals surface area (Å²) in [7, 11) is 2.00. The van der Waals surface area contributed by atoms with Gasteiger partial charge in [0, 0.05) is 24.5 Å². The van der Waals surface area contributed by atoms with Crippen LogP contribution in [0.15, 0.2) is 18.2 Å². The third kappa shape index (κ3) is 2.49. The van der Waals surface area contributed by atoms with E-state index < -0.39 is 5.91 Å². The summed E-state index contributed by atoms with van der Waals surface area (Å²) in [4.78, 5) is 13.5. The summed E-state index contributed by atoms with van der Waals surface area (Å²) in [5, 5.41) is 0. The molecule has 0 saturated carbocycles. The van der Waals surface area contributed by atoms with Gasteiger partial charge in [-0.25, -0.2) is 0 Å². The lowest BCUT2D eigenvalue weighted by Crippen LogP contribution is -2.33. The quantitative estimate of drug-likeness (QED) is 0.794. The van der Waals surface area contributed by atoms with E-state index in [1.165, 1.54) is 5.75 Å². The minimum absolute atomic E-state index is 0.405. The second kappa shape index (κ2) is 4.87. The van der Waals surface area contributed by atoms with Gasteiger partial charge in [-0.3, -0.25) is 4.79 Å². The molecule has 1 heterocycles. The van der Waals surface area contributed by atoms with Crippen molar-refractivity contribution in [3.8, 4) is 0 Å². The Morgan fingerprint density at radius 3 is 2.88 bits per heavy atom. The molecule has 0 bridgehead atoms. The summed E-state index contributed by atoms with van der Waals surface area (Å²) < 4.78 is 0. The molecular formula is C12H17N3OS. The van der Waals surface area contributed by atoms with Crippen LogP contribution in [0.4, 0.5) is 11.4 Å². The third-order valence-corrected chi connectivity index (χ3v) is 4.27. The van der Waals surface area contributed by atoms with Crippen LogP contribution in [-0.4, -0.2) is 30.5 Å². The number of hydrogen-bond donors (Lipinski definition) is 2. The lowest BCUT2D eigenvalue weighted by atomic mass is 10.1. The average molecular weight is 251 g/mol. The highest BCUT2D eigenvalue weighted by Gasteiger charge is 2.23. The van der Waals surface area contributed by atoms with E-state index in [4.69, 9.17) is 11.5 Å². The van der Waals surface area contributed by atoms with Gasteiger partial charge in [0.05, 0.1) is 11.3 Å². The van der Waals surface area contributed by atoms with Crippen LogP contribution >= 0.6 is 11.8 Å². The van der Waals surface area contributed by atoms with Gasteiger partial charge in [-0.1, -0.05) is 0 Å². The molecule has 1 aliphatic heterocycles. The highest BCUT2D eigenvalue weighted by molar-refractivity contribution is 7.99. The average Bonchev–Trinajstić information content (AvgIpc) is 2.80. The molecular weight excluding hydrogens is 234 g/mol. The number of thioether (sulfide) groups is 1. The Bertz CT molecular complexity index is 430. The maximum atomic E-state index is 11.4. The number of carbonyl (C=O) groups excluding carboxylic acids is 1. The molecule has 4 nitrogen and oxygen atoms in total. The fraction of sp³-hybridized carbons (Fsp3) is 0.417. The molecule has 1 aromatic carbocycles. The summed E-state index contributed by atoms with van der Waals surface area (Å²) >= 11 is 1.93. The first-order valence-electron chi connectivity index (χ1n) is 5.59. The summed E-state index contributed by atoms with van der Waals surface area (Å²) in [5.41, 5.74) is 13.2. The number of hydrogen-bond acceptors (Lipinski definition) is 4. The molecule has 92 valence electrons. The van der Waals surface area contributed by atoms with Crippen molar-refractivity contribution in [3.05, 3.63) is 23.8 Å². The molecule has 1 aliphatic rings. The number of rotatable bonds is 3. The molecule has 1 atom stereocenters. The van der Waals surface area contributed by atoms with Crippen molar-refractivity contribution >= 4 is 29.0 Å². The molecule has 17 heavy (non-hydrogen) atoms. The molecule has 5 heteroatoms. The Morgan fingerprint density at radius 1 is 1.53 bits per heavy atom. The van der Waals surface area contributed by atoms with Gasteiger partial charge in [0.25, 0.3) is 5.91 Å². The van der Waals surface area contributed by atoms with Crippen LogP contribution in [0.3, 0.4) is 0 Å². The molecule has 0 spiro atoms. The van der Waals surface area contributed by atoms with Gasteiger partial charge >= 0.3 is 0 Å². The van der Waals surface area contributed by atoms with Gasteiger partial charge in [0.1, 0.15) is 0 Å². The van der Waals surface area contributed by atoms with E-state index in [2.05, 4.69) is 4.90 Å². The lowest BCUT2D eigenvalue weighted by molar-refractivity contribution is 0.100. The van der Waals surface area contributed by atoms with E-state index in [1.54, 1.807) is 12.1 Å². The number of amides is 1. The minimum atomic E-state index is -0.405. The number of primary amides is 1. The topological polar surface area (TPSA) is 72.3 Å². The molecule has 1 saturated heterocycles. The molecule has 0 aliphatic carbocycles. The smallest absolute Gasteiger partial charge is 0.250 e. The Kier molecular flexibility index (Phi) is 3.47. The Labute approximate surface area is 105 Å². The van der Waals surface area contributed by atoms with Crippen LogP contribution in [0.5, 0.6) is 0 Å². The molecule has 0 aromatic heterocycles. The van der Waals surface area contributed by atoms with Gasteiger partial charge in [0.15, 0.2) is 0 Å². The van der Waals surface area contributed by atoms with Crippen molar-refractivity contribution in [1.82, 2.24) is 0 Å². The number of benzene rings is 1. The van der Waals surface area contributed by atoms with Crippen LogP contribution in [0.25, 0.3) is 0 Å². The Morgan fingerprint density at radius 2 is 2.29 bits per heavy atom. The number of carbonyl (C=O) groups is 1. The molecule has 1 fully saturated rings. The van der Waals surface area contributed by atoms with E-state index in [1.807, 2.05) is 24.9 Å². The van der Waals surface area contributed by atoms with Crippen molar-refractivity contribution in [1.29, 1.82) is 0 Å². The summed E-state index contributed by atoms with van der Waals surface area (Å²) in [6.07, 6.45) is 1.13. The monoisotopic (exact) mass is 251 g/mol. The van der Waals surface area contributed by atoms with Crippen molar-refractivity contribution in [2.75, 3.05) is 29.2 Å². The van der Waals surface area contributed by atoms with Crippen molar-refractivity contribution in [3.63, 3.8) is 0 Å². The zero-order valence-corrected chi connectivity index (χ0v) is 10.7. The maximum Gasteiger partial charge on any atom is 0.250 e. The van der Waals surface area contributed by atoms with Crippen LogP contribution in [-0.2, 0) is 0 Å².